The summed E-state index contributed by atoms with van der Waals surface area (Å²) in [5.41, 5.74) is 0. The third-order valence-electron chi connectivity index (χ3n) is 1.18. The highest BCUT2D eigenvalue weighted by Gasteiger charge is 2.46. The first-order chi connectivity index (χ1) is 4.98. The van der Waals surface area contributed by atoms with E-state index < -0.39 is 8.90 Å². The number of rotatable bonds is 1. The summed E-state index contributed by atoms with van der Waals surface area (Å²) in [5.74, 6) is 0. The van der Waals surface area contributed by atoms with Gasteiger partial charge in [-0.2, -0.15) is 0 Å². The van der Waals surface area contributed by atoms with Crippen LogP contribution in [0.5, 0.6) is 0 Å². The van der Waals surface area contributed by atoms with Crippen LogP contribution in [0.25, 0.3) is 0 Å². The minimum atomic E-state index is -0.743. The van der Waals surface area contributed by atoms with Crippen LogP contribution < -0.4 is 0 Å². The Kier molecular flexibility index (Phi) is 3.55. The number of allylic oxidation sites excluding steroid dienone is 1. The fourth-order valence-electron chi connectivity index (χ4n) is 0.585. The molecule has 0 saturated heterocycles. The lowest BCUT2D eigenvalue weighted by atomic mass is 10.3. The molecule has 11 heavy (non-hydrogen) atoms. The van der Waals surface area contributed by atoms with E-state index >= 15 is 0 Å². The molecule has 0 aromatic rings. The first kappa shape index (κ1) is 10.6. The number of hydrogen-bond donors (Lipinski definition) is 0. The average molecular weight is 385 g/mol. The molecule has 0 aromatic heterocycles. The van der Waals surface area contributed by atoms with Crippen molar-refractivity contribution in [2.75, 3.05) is 0 Å². The van der Waals surface area contributed by atoms with Crippen LogP contribution in [0.3, 0.4) is 0 Å². The van der Waals surface area contributed by atoms with E-state index in [9.17, 15) is 4.79 Å². The molecular weight excluding hydrogens is 383 g/mol. The lowest BCUT2D eigenvalue weighted by molar-refractivity contribution is -0.111. The summed E-state index contributed by atoms with van der Waals surface area (Å²) in [7, 11) is 0. The molecule has 0 spiro atoms. The molecule has 1 heterocycles. The molecule has 0 bridgehead atoms. The van der Waals surface area contributed by atoms with E-state index in [1.807, 2.05) is 5.41 Å². The minimum Gasteiger partial charge on any atom is -0.279 e. The van der Waals surface area contributed by atoms with Crippen molar-refractivity contribution in [1.82, 2.24) is 0 Å². The first-order valence-electron chi connectivity index (χ1n) is 2.55. The van der Waals surface area contributed by atoms with Gasteiger partial charge in [-0.15, -0.1) is 11.8 Å². The monoisotopic (exact) mass is 382 g/mol. The van der Waals surface area contributed by atoms with E-state index in [-0.39, 0.29) is 4.83 Å². The molecular formula is C5H2Br3ClOS. The Hall–Kier alpha value is 1.49. The zero-order valence-corrected chi connectivity index (χ0v) is 11.3. The molecule has 62 valence electrons. The smallest absolute Gasteiger partial charge is 0.250 e. The predicted octanol–water partition coefficient (Wildman–Crippen LogP) is 3.59. The fraction of sp³-hybridized carbons (Fsp3) is 0.400. The maximum Gasteiger partial charge on any atom is 0.250 e. The molecule has 1 aliphatic heterocycles. The van der Waals surface area contributed by atoms with Crippen molar-refractivity contribution in [1.29, 1.82) is 0 Å². The Morgan fingerprint density at radius 2 is 2.36 bits per heavy atom. The molecule has 0 N–H and O–H groups in total. The molecule has 2 atom stereocenters. The summed E-state index contributed by atoms with van der Waals surface area (Å²) in [6.07, 6.45) is 0. The summed E-state index contributed by atoms with van der Waals surface area (Å²) >= 11 is 16.7. The largest absolute Gasteiger partial charge is 0.279 e. The molecule has 1 aliphatic rings. The predicted molar refractivity (Wildman–Crippen MR) is 59.8 cm³/mol. The van der Waals surface area contributed by atoms with Crippen molar-refractivity contribution in [3.63, 3.8) is 0 Å². The molecule has 1 rings (SSSR count). The van der Waals surface area contributed by atoms with E-state index in [0.717, 1.165) is 4.48 Å². The number of halogens is 4. The molecule has 6 heteroatoms. The highest BCUT2D eigenvalue weighted by molar-refractivity contribution is 9.16. The van der Waals surface area contributed by atoms with Gasteiger partial charge in [0.1, 0.15) is 0 Å². The number of thioether (sulfide) groups is 1. The van der Waals surface area contributed by atoms with Crippen LogP contribution in [0.15, 0.2) is 9.89 Å². The molecule has 0 aliphatic carbocycles. The maximum atomic E-state index is 10.9. The van der Waals surface area contributed by atoms with Gasteiger partial charge in [-0.1, -0.05) is 47.8 Å². The van der Waals surface area contributed by atoms with E-state index in [4.69, 9.17) is 11.6 Å². The number of alkyl halides is 2. The van der Waals surface area contributed by atoms with Crippen molar-refractivity contribution in [3.8, 4) is 0 Å². The lowest BCUT2D eigenvalue weighted by Crippen LogP contribution is -2.31. The van der Waals surface area contributed by atoms with Crippen LogP contribution >= 0.6 is 71.2 Å². The van der Waals surface area contributed by atoms with Crippen LogP contribution in [0.4, 0.5) is 0 Å². The van der Waals surface area contributed by atoms with Gasteiger partial charge < -0.3 is 0 Å². The van der Waals surface area contributed by atoms with Crippen LogP contribution in [0, 0.1) is 0 Å². The molecule has 0 aromatic carbocycles. The van der Waals surface area contributed by atoms with Crippen LogP contribution in [-0.2, 0) is 4.79 Å². The van der Waals surface area contributed by atoms with Crippen molar-refractivity contribution in [2.24, 2.45) is 0 Å². The topological polar surface area (TPSA) is 17.1 Å². The van der Waals surface area contributed by atoms with Crippen molar-refractivity contribution in [3.05, 3.63) is 9.89 Å². The third-order valence-corrected chi connectivity index (χ3v) is 8.03. The third kappa shape index (κ3) is 1.88. The quantitative estimate of drug-likeness (QED) is 0.507. The summed E-state index contributed by atoms with van der Waals surface area (Å²) in [5, 5.41) is 1.43. The SMILES string of the molecule is O=C(Cl)C1(Br)SC=C(Br)C1Br. The highest BCUT2D eigenvalue weighted by atomic mass is 79.9. The molecule has 0 radical (unpaired) electrons. The van der Waals surface area contributed by atoms with Gasteiger partial charge in [0.05, 0.1) is 4.83 Å². The Bertz CT molecular complexity index is 232. The van der Waals surface area contributed by atoms with Gasteiger partial charge in [0.25, 0.3) is 0 Å². The number of carbonyl (C=O) groups excluding carboxylic acids is 1. The van der Waals surface area contributed by atoms with Gasteiger partial charge >= 0.3 is 0 Å². The summed E-state index contributed by atoms with van der Waals surface area (Å²) in [4.78, 5) is 10.8. The van der Waals surface area contributed by atoms with Crippen molar-refractivity contribution < 1.29 is 4.79 Å². The number of carbonyl (C=O) groups is 1. The summed E-state index contributed by atoms with van der Waals surface area (Å²) in [6.45, 7) is 0. The Labute approximate surface area is 98.7 Å². The zero-order valence-electron chi connectivity index (χ0n) is 4.98. The first-order valence-corrected chi connectivity index (χ1v) is 6.30. The molecule has 0 saturated carbocycles. The van der Waals surface area contributed by atoms with E-state index in [0.29, 0.717) is 0 Å². The molecule has 0 fully saturated rings. The van der Waals surface area contributed by atoms with Gasteiger partial charge in [0.15, 0.2) is 3.66 Å². The van der Waals surface area contributed by atoms with Crippen molar-refractivity contribution in [2.45, 2.75) is 8.48 Å². The van der Waals surface area contributed by atoms with Gasteiger partial charge in [0.2, 0.25) is 5.24 Å². The van der Waals surface area contributed by atoms with Gasteiger partial charge in [0, 0.05) is 4.48 Å². The van der Waals surface area contributed by atoms with Gasteiger partial charge in [-0.05, 0) is 17.0 Å². The fourth-order valence-corrected chi connectivity index (χ4v) is 4.17. The maximum absolute atomic E-state index is 10.9. The van der Waals surface area contributed by atoms with Gasteiger partial charge in [-0.3, -0.25) is 4.79 Å². The average Bonchev–Trinajstić information content (AvgIpc) is 2.18. The van der Waals surface area contributed by atoms with E-state index in [1.165, 1.54) is 11.8 Å². The standard InChI is InChI=1S/C5H2Br3ClOS/c6-2-1-11-5(8,3(2)7)4(9)10/h1,3H. The Morgan fingerprint density at radius 1 is 1.82 bits per heavy atom. The summed E-state index contributed by atoms with van der Waals surface area (Å²) < 4.78 is 0.182. The Morgan fingerprint density at radius 3 is 2.55 bits per heavy atom. The normalized spacial score (nSPS) is 37.1. The number of hydrogen-bond acceptors (Lipinski definition) is 2. The van der Waals surface area contributed by atoms with Crippen molar-refractivity contribution >= 4 is 76.4 Å². The van der Waals surface area contributed by atoms with Crippen LogP contribution in [0.2, 0.25) is 0 Å². The molecule has 2 unspecified atom stereocenters. The second kappa shape index (κ2) is 3.70. The summed E-state index contributed by atoms with van der Waals surface area (Å²) in [6, 6.07) is 0. The lowest BCUT2D eigenvalue weighted by Gasteiger charge is -2.19. The molecule has 1 nitrogen and oxygen atoms in total. The van der Waals surface area contributed by atoms with E-state index in [1.54, 1.807) is 0 Å². The second-order valence-corrected chi connectivity index (χ2v) is 6.97. The minimum absolute atomic E-state index is 0.0926. The second-order valence-electron chi connectivity index (χ2n) is 1.90. The van der Waals surface area contributed by atoms with Gasteiger partial charge in [-0.25, -0.2) is 0 Å². The highest BCUT2D eigenvalue weighted by Crippen LogP contribution is 2.52. The van der Waals surface area contributed by atoms with E-state index in [2.05, 4.69) is 47.8 Å². The zero-order chi connectivity index (χ0) is 8.65. The van der Waals surface area contributed by atoms with Crippen LogP contribution in [0.1, 0.15) is 0 Å². The Balaban J connectivity index is 2.88. The molecule has 0 amide bonds. The van der Waals surface area contributed by atoms with Crippen LogP contribution in [-0.4, -0.2) is 13.7 Å².